The molecule has 34 heavy (non-hydrogen) atoms. The second-order valence-electron chi connectivity index (χ2n) is 9.76. The van der Waals surface area contributed by atoms with Gasteiger partial charge in [0, 0.05) is 23.3 Å². The van der Waals surface area contributed by atoms with Gasteiger partial charge in [0.25, 0.3) is 5.89 Å². The molecule has 4 aliphatic rings. The molecule has 2 atom stereocenters. The number of nitrogens with zero attached hydrogens (tertiary/aromatic N) is 4. The molecular weight excluding hydrogens is 428 g/mol. The van der Waals surface area contributed by atoms with Crippen LogP contribution in [0.15, 0.2) is 74.4 Å². The highest BCUT2D eigenvalue weighted by molar-refractivity contribution is 6.20. The third-order valence-electron chi connectivity index (χ3n) is 6.62. The summed E-state index contributed by atoms with van der Waals surface area (Å²) in [6.45, 7) is 7.46. The average molecular weight is 453 g/mol. The van der Waals surface area contributed by atoms with Crippen molar-refractivity contribution in [3.63, 3.8) is 0 Å². The second kappa shape index (κ2) is 6.72. The number of allylic oxidation sites excluding steroid dienone is 4. The van der Waals surface area contributed by atoms with Gasteiger partial charge < -0.3 is 14.7 Å². The normalized spacial score (nSPS) is 28.5. The summed E-state index contributed by atoms with van der Waals surface area (Å²) in [6, 6.07) is 3.99. The van der Waals surface area contributed by atoms with Crippen LogP contribution in [0.4, 0.5) is 0 Å². The number of nitrogens with one attached hydrogen (secondary N) is 2. The van der Waals surface area contributed by atoms with Crippen LogP contribution in [0.3, 0.4) is 0 Å². The highest BCUT2D eigenvalue weighted by Gasteiger charge is 2.52. The zero-order valence-electron chi connectivity index (χ0n) is 19.4. The monoisotopic (exact) mass is 452 g/mol. The van der Waals surface area contributed by atoms with Crippen LogP contribution in [0.5, 0.6) is 0 Å². The van der Waals surface area contributed by atoms with Crippen LogP contribution in [0.25, 0.3) is 12.2 Å². The minimum atomic E-state index is -1.03. The summed E-state index contributed by atoms with van der Waals surface area (Å²) in [7, 11) is 0. The van der Waals surface area contributed by atoms with E-state index in [4.69, 9.17) is 14.4 Å². The predicted molar refractivity (Wildman–Crippen MR) is 129 cm³/mol. The van der Waals surface area contributed by atoms with Crippen LogP contribution in [0, 0.1) is 12.3 Å². The van der Waals surface area contributed by atoms with Crippen molar-refractivity contribution in [2.45, 2.75) is 38.8 Å². The Kier molecular flexibility index (Phi) is 4.06. The molecule has 2 unspecified atom stereocenters. The van der Waals surface area contributed by atoms with Gasteiger partial charge in [0.2, 0.25) is 5.89 Å². The molecule has 170 valence electrons. The van der Waals surface area contributed by atoms with E-state index in [1.165, 1.54) is 0 Å². The Morgan fingerprint density at radius 1 is 0.941 bits per heavy atom. The second-order valence-corrected chi connectivity index (χ2v) is 9.76. The highest BCUT2D eigenvalue weighted by Crippen LogP contribution is 2.43. The SMILES string of the molecule is Cc1nnc(C23C=CC(=N2)C=c2ccc([nH]2)=CC2=NC(=CC4(C)NC(=C3)C(C)(C)C4=O)C=C2)o1. The van der Waals surface area contributed by atoms with Crippen molar-refractivity contribution in [1.82, 2.24) is 20.5 Å². The van der Waals surface area contributed by atoms with Crippen LogP contribution < -0.4 is 16.0 Å². The van der Waals surface area contributed by atoms with E-state index in [2.05, 4.69) is 20.5 Å². The first kappa shape index (κ1) is 20.5. The minimum Gasteiger partial charge on any atom is -0.422 e. The standard InChI is InChI=1S/C26H24N6O2/c1-15-31-32-23(34-15)26-10-9-19(29-26)12-18-6-5-16(27-18)11-17-7-8-20(28-17)13-25(4)22(33)24(2,3)21(14-26)30-25/h5-14,27,30H,1-4H3. The van der Waals surface area contributed by atoms with Crippen molar-refractivity contribution in [2.75, 3.05) is 0 Å². The molecule has 8 heteroatoms. The number of aromatic amines is 1. The number of ketones is 1. The van der Waals surface area contributed by atoms with Crippen molar-refractivity contribution in [3.8, 4) is 0 Å². The maximum absolute atomic E-state index is 13.6. The Morgan fingerprint density at radius 2 is 1.71 bits per heavy atom. The topological polar surface area (TPSA) is 109 Å². The fraction of sp³-hybridized carbons (Fsp3) is 0.269. The fourth-order valence-electron chi connectivity index (χ4n) is 4.87. The zero-order chi connectivity index (χ0) is 23.7. The van der Waals surface area contributed by atoms with Crippen molar-refractivity contribution < 1.29 is 9.21 Å². The number of H-pyrrole nitrogens is 1. The van der Waals surface area contributed by atoms with E-state index in [9.17, 15) is 4.79 Å². The molecule has 0 spiro atoms. The van der Waals surface area contributed by atoms with Gasteiger partial charge in [-0.2, -0.15) is 0 Å². The molecule has 2 N–H and O–H groups in total. The Balaban J connectivity index is 1.63. The number of hydrogen-bond acceptors (Lipinski definition) is 7. The smallest absolute Gasteiger partial charge is 0.251 e. The highest BCUT2D eigenvalue weighted by atomic mass is 16.4. The maximum Gasteiger partial charge on any atom is 0.251 e. The van der Waals surface area contributed by atoms with Gasteiger partial charge in [-0.25, -0.2) is 4.99 Å². The van der Waals surface area contributed by atoms with Crippen molar-refractivity contribution >= 4 is 29.4 Å². The van der Waals surface area contributed by atoms with E-state index in [1.54, 1.807) is 6.92 Å². The molecular formula is C26H24N6O2. The van der Waals surface area contributed by atoms with Crippen LogP contribution in [-0.2, 0) is 10.3 Å². The Labute approximate surface area is 196 Å². The zero-order valence-corrected chi connectivity index (χ0v) is 19.4. The maximum atomic E-state index is 13.6. The molecule has 0 aliphatic carbocycles. The number of rotatable bonds is 1. The number of fused-ring (bicyclic) bond motifs is 6. The number of aliphatic imine (C=N–C) groups is 2. The quantitative estimate of drug-likeness (QED) is 0.687. The molecule has 1 saturated heterocycles. The lowest BCUT2D eigenvalue weighted by Gasteiger charge is -2.22. The molecule has 1 fully saturated rings. The Hall–Kier alpha value is -4.07. The summed E-state index contributed by atoms with van der Waals surface area (Å²) in [4.78, 5) is 26.7. The number of aryl methyl sites for hydroxylation is 1. The molecule has 0 saturated carbocycles. The molecule has 6 heterocycles. The average Bonchev–Trinajstić information content (AvgIpc) is 3.58. The first-order valence-electron chi connectivity index (χ1n) is 11.2. The summed E-state index contributed by atoms with van der Waals surface area (Å²) in [6.07, 6.45) is 15.5. The molecule has 0 amide bonds. The molecule has 0 aromatic carbocycles. The molecule has 8 bridgehead atoms. The Bertz CT molecular complexity index is 1560. The number of hydrogen-bond donors (Lipinski definition) is 2. The number of aromatic nitrogens is 3. The van der Waals surface area contributed by atoms with E-state index in [1.807, 2.05) is 81.5 Å². The summed E-state index contributed by atoms with van der Waals surface area (Å²) in [5.74, 6) is 0.850. The molecule has 6 rings (SSSR count). The molecule has 2 aromatic heterocycles. The number of carbonyl (C=O) groups excluding carboxylic acids is 1. The van der Waals surface area contributed by atoms with Crippen LogP contribution in [0.2, 0.25) is 0 Å². The number of carbonyl (C=O) groups is 1. The van der Waals surface area contributed by atoms with Gasteiger partial charge in [-0.15, -0.1) is 10.2 Å². The van der Waals surface area contributed by atoms with E-state index < -0.39 is 16.5 Å². The molecule has 0 radical (unpaired) electrons. The van der Waals surface area contributed by atoms with E-state index in [-0.39, 0.29) is 5.78 Å². The summed E-state index contributed by atoms with van der Waals surface area (Å²) in [5, 5.41) is 13.6. The van der Waals surface area contributed by atoms with Gasteiger partial charge in [-0.05, 0) is 81.5 Å². The minimum absolute atomic E-state index is 0.0484. The Morgan fingerprint density at radius 3 is 2.44 bits per heavy atom. The summed E-state index contributed by atoms with van der Waals surface area (Å²) in [5.41, 5.74) is 0.306. The van der Waals surface area contributed by atoms with Crippen molar-refractivity contribution in [2.24, 2.45) is 15.4 Å². The van der Waals surface area contributed by atoms with Crippen molar-refractivity contribution in [1.29, 1.82) is 0 Å². The van der Waals surface area contributed by atoms with Crippen LogP contribution in [-0.4, -0.2) is 37.9 Å². The van der Waals surface area contributed by atoms with Gasteiger partial charge in [0.05, 0.1) is 22.5 Å². The van der Waals surface area contributed by atoms with Gasteiger partial charge in [0.1, 0.15) is 5.54 Å². The predicted octanol–water partition coefficient (Wildman–Crippen LogP) is 1.92. The van der Waals surface area contributed by atoms with E-state index in [0.717, 1.165) is 33.5 Å². The lowest BCUT2D eigenvalue weighted by molar-refractivity contribution is -0.126. The molecule has 8 nitrogen and oxygen atoms in total. The van der Waals surface area contributed by atoms with Gasteiger partial charge >= 0.3 is 0 Å². The largest absolute Gasteiger partial charge is 0.422 e. The third kappa shape index (κ3) is 3.09. The molecule has 2 aromatic rings. The molecule has 4 aliphatic heterocycles. The number of Topliss-reactive ketones (excluding diaryl/α,β-unsaturated/α-hetero) is 1. The van der Waals surface area contributed by atoms with Crippen LogP contribution in [0.1, 0.15) is 32.6 Å². The lowest BCUT2D eigenvalue weighted by Crippen LogP contribution is -2.41. The first-order chi connectivity index (χ1) is 16.2. The van der Waals surface area contributed by atoms with E-state index in [0.29, 0.717) is 11.8 Å². The fourth-order valence-corrected chi connectivity index (χ4v) is 4.87. The van der Waals surface area contributed by atoms with Gasteiger partial charge in [-0.1, -0.05) is 0 Å². The van der Waals surface area contributed by atoms with E-state index >= 15 is 0 Å². The van der Waals surface area contributed by atoms with Crippen molar-refractivity contribution in [3.05, 3.63) is 82.5 Å². The van der Waals surface area contributed by atoms with Crippen LogP contribution >= 0.6 is 0 Å². The van der Waals surface area contributed by atoms with Gasteiger partial charge in [-0.3, -0.25) is 9.79 Å². The lowest BCUT2D eigenvalue weighted by atomic mass is 9.80. The summed E-state index contributed by atoms with van der Waals surface area (Å²) >= 11 is 0. The first-order valence-corrected chi connectivity index (χ1v) is 11.2. The summed E-state index contributed by atoms with van der Waals surface area (Å²) < 4.78 is 5.84. The third-order valence-corrected chi connectivity index (χ3v) is 6.62. The van der Waals surface area contributed by atoms with Gasteiger partial charge in [0.15, 0.2) is 11.3 Å².